The van der Waals surface area contributed by atoms with E-state index in [1.807, 2.05) is 0 Å². The Morgan fingerprint density at radius 2 is 1.83 bits per heavy atom. The summed E-state index contributed by atoms with van der Waals surface area (Å²) >= 11 is 0. The Bertz CT molecular complexity index is 18.8. The van der Waals surface area contributed by atoms with Gasteiger partial charge in [0, 0.05) is 19.7 Å². The smallest absolute Gasteiger partial charge is 0.0402 e. The molecule has 0 aromatic rings. The summed E-state index contributed by atoms with van der Waals surface area (Å²) in [4.78, 5) is 0. The minimum absolute atomic E-state index is 0.250. The molecule has 0 saturated carbocycles. The lowest BCUT2D eigenvalue weighted by molar-refractivity contribution is 0.318. The topological polar surface area (TPSA) is 42.2 Å². The molecular formula is C4H11NO. The predicted octanol–water partition coefficient (Wildman–Crippen LogP) is -0.412. The molecule has 0 bridgehead atoms. The predicted molar refractivity (Wildman–Crippen MR) is 25.6 cm³/mol. The second-order valence-electron chi connectivity index (χ2n) is 1.07. The summed E-state index contributed by atoms with van der Waals surface area (Å²) in [5.74, 6) is 0. The summed E-state index contributed by atoms with van der Waals surface area (Å²) in [7, 11) is 0. The Morgan fingerprint density at radius 3 is 1.83 bits per heavy atom. The fraction of sp³-hybridized carbons (Fsp3) is 1.00. The number of aliphatic hydroxyl groups is 1. The van der Waals surface area contributed by atoms with Crippen LogP contribution in [0.25, 0.3) is 0 Å². The van der Waals surface area contributed by atoms with Crippen LogP contribution in [-0.4, -0.2) is 24.8 Å². The summed E-state index contributed by atoms with van der Waals surface area (Å²) in [6.07, 6.45) is 0. The van der Waals surface area contributed by atoms with Gasteiger partial charge in [0.1, 0.15) is 0 Å². The SMILES string of the molecule is C1CN1.CCO. The third-order valence-electron chi connectivity index (χ3n) is 0.250. The molecule has 0 unspecified atom stereocenters. The lowest BCUT2D eigenvalue weighted by Crippen LogP contribution is -1.57. The number of nitrogens with one attached hydrogen (secondary N) is 1. The zero-order valence-corrected chi connectivity index (χ0v) is 4.07. The highest BCUT2D eigenvalue weighted by atomic mass is 16.2. The van der Waals surface area contributed by atoms with E-state index in [-0.39, 0.29) is 6.61 Å². The molecular weight excluding hydrogens is 78.0 g/mol. The number of rotatable bonds is 0. The van der Waals surface area contributed by atoms with Crippen molar-refractivity contribution in [2.75, 3.05) is 19.7 Å². The first-order valence-corrected chi connectivity index (χ1v) is 2.23. The largest absolute Gasteiger partial charge is 0.397 e. The molecule has 0 spiro atoms. The Labute approximate surface area is 38.2 Å². The van der Waals surface area contributed by atoms with Gasteiger partial charge in [-0.15, -0.1) is 0 Å². The maximum atomic E-state index is 7.57. The van der Waals surface area contributed by atoms with E-state index < -0.39 is 0 Å². The Hall–Kier alpha value is -0.0800. The molecule has 6 heavy (non-hydrogen) atoms. The molecule has 0 radical (unpaired) electrons. The summed E-state index contributed by atoms with van der Waals surface area (Å²) < 4.78 is 0. The Morgan fingerprint density at radius 1 is 1.67 bits per heavy atom. The molecule has 2 N–H and O–H groups in total. The van der Waals surface area contributed by atoms with E-state index in [1.165, 1.54) is 13.1 Å². The number of hydrogen-bond acceptors (Lipinski definition) is 2. The van der Waals surface area contributed by atoms with Crippen LogP contribution in [0.1, 0.15) is 6.92 Å². The van der Waals surface area contributed by atoms with Crippen LogP contribution in [-0.2, 0) is 0 Å². The molecule has 1 aliphatic heterocycles. The van der Waals surface area contributed by atoms with Crippen LogP contribution in [0.3, 0.4) is 0 Å². The van der Waals surface area contributed by atoms with Gasteiger partial charge >= 0.3 is 0 Å². The molecule has 0 aromatic heterocycles. The number of hydrogen-bond donors (Lipinski definition) is 2. The van der Waals surface area contributed by atoms with Crippen LogP contribution in [0, 0.1) is 0 Å². The van der Waals surface area contributed by atoms with E-state index in [1.54, 1.807) is 6.92 Å². The van der Waals surface area contributed by atoms with Crippen molar-refractivity contribution in [2.45, 2.75) is 6.92 Å². The molecule has 1 fully saturated rings. The van der Waals surface area contributed by atoms with Gasteiger partial charge in [-0.25, -0.2) is 0 Å². The third-order valence-corrected chi connectivity index (χ3v) is 0.250. The van der Waals surface area contributed by atoms with Gasteiger partial charge in [-0.2, -0.15) is 0 Å². The zero-order chi connectivity index (χ0) is 4.83. The van der Waals surface area contributed by atoms with Crippen molar-refractivity contribution >= 4 is 0 Å². The molecule has 1 rings (SSSR count). The molecule has 38 valence electrons. The number of aliphatic hydroxyl groups excluding tert-OH is 1. The first kappa shape index (κ1) is 5.92. The van der Waals surface area contributed by atoms with Crippen molar-refractivity contribution in [3.05, 3.63) is 0 Å². The maximum Gasteiger partial charge on any atom is 0.0402 e. The average Bonchev–Trinajstić information content (AvgIpc) is 2.11. The second kappa shape index (κ2) is 4.92. The molecule has 2 nitrogen and oxygen atoms in total. The van der Waals surface area contributed by atoms with Crippen LogP contribution in [0.2, 0.25) is 0 Å². The average molecular weight is 89.1 g/mol. The van der Waals surface area contributed by atoms with Crippen molar-refractivity contribution in [1.82, 2.24) is 5.32 Å². The van der Waals surface area contributed by atoms with Crippen LogP contribution in [0.4, 0.5) is 0 Å². The van der Waals surface area contributed by atoms with Gasteiger partial charge in [0.05, 0.1) is 0 Å². The van der Waals surface area contributed by atoms with Crippen LogP contribution in [0.15, 0.2) is 0 Å². The summed E-state index contributed by atoms with van der Waals surface area (Å²) in [5.41, 5.74) is 0. The fourth-order valence-corrected chi connectivity index (χ4v) is 0. The normalized spacial score (nSPS) is 15.0. The molecule has 1 aliphatic rings. The summed E-state index contributed by atoms with van der Waals surface area (Å²) in [6.45, 7) is 4.43. The van der Waals surface area contributed by atoms with Crippen LogP contribution >= 0.6 is 0 Å². The van der Waals surface area contributed by atoms with Crippen LogP contribution < -0.4 is 5.32 Å². The highest BCUT2D eigenvalue weighted by Crippen LogP contribution is 1.65. The van der Waals surface area contributed by atoms with Gasteiger partial charge < -0.3 is 10.4 Å². The third kappa shape index (κ3) is 39.5. The van der Waals surface area contributed by atoms with Crippen molar-refractivity contribution in [1.29, 1.82) is 0 Å². The molecule has 1 saturated heterocycles. The molecule has 0 aromatic carbocycles. The summed E-state index contributed by atoms with van der Waals surface area (Å²) in [5, 5.41) is 10.6. The monoisotopic (exact) mass is 89.1 g/mol. The highest BCUT2D eigenvalue weighted by Gasteiger charge is 1.91. The lowest BCUT2D eigenvalue weighted by atomic mass is 10.9. The first-order chi connectivity index (χ1) is 2.91. The van der Waals surface area contributed by atoms with Gasteiger partial charge in [0.25, 0.3) is 0 Å². The van der Waals surface area contributed by atoms with Crippen molar-refractivity contribution < 1.29 is 5.11 Å². The maximum absolute atomic E-state index is 7.57. The molecule has 0 aliphatic carbocycles. The minimum atomic E-state index is 0.250. The van der Waals surface area contributed by atoms with Gasteiger partial charge in [-0.3, -0.25) is 0 Å². The van der Waals surface area contributed by atoms with Gasteiger partial charge in [-0.1, -0.05) is 0 Å². The van der Waals surface area contributed by atoms with E-state index >= 15 is 0 Å². The molecule has 0 amide bonds. The highest BCUT2D eigenvalue weighted by molar-refractivity contribution is 4.58. The zero-order valence-electron chi connectivity index (χ0n) is 4.07. The van der Waals surface area contributed by atoms with Crippen LogP contribution in [0.5, 0.6) is 0 Å². The Kier molecular flexibility index (Phi) is 4.85. The van der Waals surface area contributed by atoms with Gasteiger partial charge in [0.15, 0.2) is 0 Å². The van der Waals surface area contributed by atoms with Crippen molar-refractivity contribution in [3.8, 4) is 0 Å². The molecule has 0 atom stereocenters. The van der Waals surface area contributed by atoms with E-state index in [2.05, 4.69) is 5.32 Å². The fourth-order valence-electron chi connectivity index (χ4n) is 0. The minimum Gasteiger partial charge on any atom is -0.397 e. The van der Waals surface area contributed by atoms with E-state index in [9.17, 15) is 0 Å². The second-order valence-corrected chi connectivity index (χ2v) is 1.07. The molecule has 1 heterocycles. The van der Waals surface area contributed by atoms with Crippen molar-refractivity contribution in [2.24, 2.45) is 0 Å². The van der Waals surface area contributed by atoms with E-state index in [0.717, 1.165) is 0 Å². The van der Waals surface area contributed by atoms with Gasteiger partial charge in [0.2, 0.25) is 0 Å². The lowest BCUT2D eigenvalue weighted by Gasteiger charge is -1.52. The van der Waals surface area contributed by atoms with E-state index in [4.69, 9.17) is 5.11 Å². The molecule has 2 heteroatoms. The van der Waals surface area contributed by atoms with Crippen molar-refractivity contribution in [3.63, 3.8) is 0 Å². The summed E-state index contributed by atoms with van der Waals surface area (Å²) in [6, 6.07) is 0. The standard InChI is InChI=1S/C2H5N.C2H6O/c1-2-3-1;1-2-3/h3H,1-2H2;3H,2H2,1H3. The Balaban J connectivity index is 0.0000000833. The van der Waals surface area contributed by atoms with E-state index in [0.29, 0.717) is 0 Å². The van der Waals surface area contributed by atoms with Gasteiger partial charge in [-0.05, 0) is 6.92 Å². The first-order valence-electron chi connectivity index (χ1n) is 2.23. The quantitative estimate of drug-likeness (QED) is 0.396.